The number of piperidine rings is 1. The largest absolute Gasteiger partial charge is 0.361 e. The van der Waals surface area contributed by atoms with Gasteiger partial charge in [0.1, 0.15) is 0 Å². The van der Waals surface area contributed by atoms with Crippen LogP contribution in [0.1, 0.15) is 24.3 Å². The molecule has 1 atom stereocenters. The van der Waals surface area contributed by atoms with E-state index >= 15 is 0 Å². The summed E-state index contributed by atoms with van der Waals surface area (Å²) in [5.41, 5.74) is 1.92. The Bertz CT molecular complexity index is 647. The van der Waals surface area contributed by atoms with E-state index in [1.807, 2.05) is 24.4 Å². The number of nitrogens with one attached hydrogen (secondary N) is 2. The predicted octanol–water partition coefficient (Wildman–Crippen LogP) is 2.45. The zero-order valence-electron chi connectivity index (χ0n) is 9.50. The fraction of sp³-hybridized carbons (Fsp3) is 0.231. The number of imide groups is 1. The topological polar surface area (TPSA) is 62.0 Å². The molecule has 18 heavy (non-hydrogen) atoms. The highest BCUT2D eigenvalue weighted by Crippen LogP contribution is 2.31. The smallest absolute Gasteiger partial charge is 0.234 e. The lowest BCUT2D eigenvalue weighted by molar-refractivity contribution is -0.134. The van der Waals surface area contributed by atoms with Gasteiger partial charge in [-0.1, -0.05) is 15.9 Å². The SMILES string of the molecule is O=C1CCC(c2cc(Br)c3cc[nH]c3c2)C(=O)N1. The van der Waals surface area contributed by atoms with E-state index in [0.29, 0.717) is 12.8 Å². The number of amides is 2. The number of carbonyl (C=O) groups is 2. The van der Waals surface area contributed by atoms with E-state index < -0.39 is 0 Å². The van der Waals surface area contributed by atoms with Crippen LogP contribution in [-0.2, 0) is 9.59 Å². The number of fused-ring (bicyclic) bond motifs is 1. The molecule has 1 aliphatic heterocycles. The van der Waals surface area contributed by atoms with E-state index in [1.165, 1.54) is 0 Å². The lowest BCUT2D eigenvalue weighted by Crippen LogP contribution is -2.39. The number of hydrogen-bond acceptors (Lipinski definition) is 2. The molecule has 2 amide bonds. The van der Waals surface area contributed by atoms with Crippen LogP contribution in [-0.4, -0.2) is 16.8 Å². The summed E-state index contributed by atoms with van der Waals surface area (Å²) in [6.45, 7) is 0. The van der Waals surface area contributed by atoms with Gasteiger partial charge in [0, 0.05) is 28.0 Å². The third-order valence-electron chi connectivity index (χ3n) is 3.28. The maximum Gasteiger partial charge on any atom is 0.234 e. The first-order valence-electron chi connectivity index (χ1n) is 5.75. The summed E-state index contributed by atoms with van der Waals surface area (Å²) in [4.78, 5) is 26.1. The van der Waals surface area contributed by atoms with Crippen molar-refractivity contribution in [2.75, 3.05) is 0 Å². The second-order valence-electron chi connectivity index (χ2n) is 4.45. The highest BCUT2D eigenvalue weighted by Gasteiger charge is 2.28. The van der Waals surface area contributed by atoms with Crippen LogP contribution in [0.25, 0.3) is 10.9 Å². The summed E-state index contributed by atoms with van der Waals surface area (Å²) in [6.07, 6.45) is 2.84. The standard InChI is InChI=1S/C13H11BrN2O2/c14-10-5-7(6-11-9(10)3-4-15-11)8-1-2-12(17)16-13(8)18/h3-6,8,15H,1-2H2,(H,16,17,18). The van der Waals surface area contributed by atoms with Gasteiger partial charge in [0.2, 0.25) is 11.8 Å². The number of benzene rings is 1. The normalized spacial score (nSPS) is 20.2. The second-order valence-corrected chi connectivity index (χ2v) is 5.30. The Balaban J connectivity index is 2.03. The van der Waals surface area contributed by atoms with Crippen LogP contribution in [0.15, 0.2) is 28.9 Å². The first-order valence-corrected chi connectivity index (χ1v) is 6.54. The minimum Gasteiger partial charge on any atom is -0.361 e. The Kier molecular flexibility index (Phi) is 2.70. The third-order valence-corrected chi connectivity index (χ3v) is 3.94. The quantitative estimate of drug-likeness (QED) is 0.795. The van der Waals surface area contributed by atoms with Crippen molar-refractivity contribution in [3.63, 3.8) is 0 Å². The van der Waals surface area contributed by atoms with Crippen molar-refractivity contribution in [1.82, 2.24) is 10.3 Å². The highest BCUT2D eigenvalue weighted by molar-refractivity contribution is 9.10. The van der Waals surface area contributed by atoms with Crippen molar-refractivity contribution in [3.05, 3.63) is 34.4 Å². The Hall–Kier alpha value is -1.62. The Labute approximate surface area is 112 Å². The van der Waals surface area contributed by atoms with Gasteiger partial charge in [-0.15, -0.1) is 0 Å². The minimum absolute atomic E-state index is 0.184. The number of H-pyrrole nitrogens is 1. The van der Waals surface area contributed by atoms with Crippen LogP contribution < -0.4 is 5.32 Å². The van der Waals surface area contributed by atoms with Gasteiger partial charge in [-0.2, -0.15) is 0 Å². The predicted molar refractivity (Wildman–Crippen MR) is 71.1 cm³/mol. The van der Waals surface area contributed by atoms with E-state index in [2.05, 4.69) is 26.2 Å². The van der Waals surface area contributed by atoms with Gasteiger partial charge in [-0.05, 0) is 30.2 Å². The number of aromatic nitrogens is 1. The van der Waals surface area contributed by atoms with Crippen LogP contribution >= 0.6 is 15.9 Å². The molecule has 92 valence electrons. The van der Waals surface area contributed by atoms with Crippen molar-refractivity contribution in [2.24, 2.45) is 0 Å². The molecule has 0 spiro atoms. The van der Waals surface area contributed by atoms with Crippen molar-refractivity contribution in [3.8, 4) is 0 Å². The number of hydrogen-bond donors (Lipinski definition) is 2. The van der Waals surface area contributed by atoms with E-state index in [4.69, 9.17) is 0 Å². The zero-order valence-corrected chi connectivity index (χ0v) is 11.1. The Morgan fingerprint density at radius 1 is 1.28 bits per heavy atom. The van der Waals surface area contributed by atoms with Gasteiger partial charge >= 0.3 is 0 Å². The van der Waals surface area contributed by atoms with Gasteiger partial charge in [-0.3, -0.25) is 14.9 Å². The van der Waals surface area contributed by atoms with Crippen LogP contribution in [0.4, 0.5) is 0 Å². The summed E-state index contributed by atoms with van der Waals surface area (Å²) in [6, 6.07) is 5.91. The Morgan fingerprint density at radius 2 is 2.11 bits per heavy atom. The van der Waals surface area contributed by atoms with E-state index in [-0.39, 0.29) is 17.7 Å². The van der Waals surface area contributed by atoms with Crippen molar-refractivity contribution >= 4 is 38.6 Å². The van der Waals surface area contributed by atoms with Crippen LogP contribution in [0.2, 0.25) is 0 Å². The van der Waals surface area contributed by atoms with E-state index in [9.17, 15) is 9.59 Å². The zero-order chi connectivity index (χ0) is 12.7. The van der Waals surface area contributed by atoms with Gasteiger partial charge in [0.05, 0.1) is 5.92 Å². The summed E-state index contributed by atoms with van der Waals surface area (Å²) >= 11 is 3.51. The molecule has 0 saturated carbocycles. The molecular weight excluding hydrogens is 296 g/mol. The fourth-order valence-electron chi connectivity index (χ4n) is 2.36. The molecule has 0 aliphatic carbocycles. The molecule has 4 nitrogen and oxygen atoms in total. The highest BCUT2D eigenvalue weighted by atomic mass is 79.9. The molecule has 2 aromatic rings. The number of halogens is 1. The van der Waals surface area contributed by atoms with Gasteiger partial charge in [0.15, 0.2) is 0 Å². The molecule has 3 rings (SSSR count). The molecule has 1 fully saturated rings. The molecule has 2 N–H and O–H groups in total. The second kappa shape index (κ2) is 4.24. The van der Waals surface area contributed by atoms with Gasteiger partial charge < -0.3 is 4.98 Å². The maximum absolute atomic E-state index is 11.8. The van der Waals surface area contributed by atoms with Gasteiger partial charge in [0.25, 0.3) is 0 Å². The monoisotopic (exact) mass is 306 g/mol. The summed E-state index contributed by atoms with van der Waals surface area (Å²) in [7, 11) is 0. The van der Waals surface area contributed by atoms with Crippen LogP contribution in [0, 0.1) is 0 Å². The van der Waals surface area contributed by atoms with Crippen molar-refractivity contribution in [2.45, 2.75) is 18.8 Å². The summed E-state index contributed by atoms with van der Waals surface area (Å²) in [5, 5.41) is 3.47. The van der Waals surface area contributed by atoms with Crippen LogP contribution in [0.5, 0.6) is 0 Å². The molecule has 1 aromatic heterocycles. The number of rotatable bonds is 1. The molecule has 1 aliphatic rings. The third kappa shape index (κ3) is 1.84. The summed E-state index contributed by atoms with van der Waals surface area (Å²) in [5.74, 6) is -0.632. The molecule has 1 unspecified atom stereocenters. The lowest BCUT2D eigenvalue weighted by Gasteiger charge is -2.21. The lowest BCUT2D eigenvalue weighted by atomic mass is 9.90. The molecule has 0 radical (unpaired) electrons. The minimum atomic E-state index is -0.244. The first kappa shape index (κ1) is 11.5. The number of aromatic amines is 1. The molecular formula is C13H11BrN2O2. The van der Waals surface area contributed by atoms with E-state index in [1.54, 1.807) is 0 Å². The maximum atomic E-state index is 11.8. The summed E-state index contributed by atoms with van der Waals surface area (Å²) < 4.78 is 0.959. The fourth-order valence-corrected chi connectivity index (χ4v) is 2.97. The average Bonchev–Trinajstić information content (AvgIpc) is 2.77. The molecule has 1 aromatic carbocycles. The number of carbonyl (C=O) groups excluding carboxylic acids is 2. The molecule has 0 bridgehead atoms. The average molecular weight is 307 g/mol. The first-order chi connectivity index (χ1) is 8.65. The Morgan fingerprint density at radius 3 is 2.89 bits per heavy atom. The van der Waals surface area contributed by atoms with Crippen molar-refractivity contribution in [1.29, 1.82) is 0 Å². The molecule has 5 heteroatoms. The van der Waals surface area contributed by atoms with E-state index in [0.717, 1.165) is 20.9 Å². The van der Waals surface area contributed by atoms with Crippen LogP contribution in [0.3, 0.4) is 0 Å². The van der Waals surface area contributed by atoms with Gasteiger partial charge in [-0.25, -0.2) is 0 Å². The van der Waals surface area contributed by atoms with Crippen molar-refractivity contribution < 1.29 is 9.59 Å². The molecule has 1 saturated heterocycles. The molecule has 2 heterocycles.